The van der Waals surface area contributed by atoms with Crippen molar-refractivity contribution in [2.75, 3.05) is 4.90 Å². The van der Waals surface area contributed by atoms with E-state index in [0.29, 0.717) is 0 Å². The third kappa shape index (κ3) is 4.97. The summed E-state index contributed by atoms with van der Waals surface area (Å²) >= 11 is 0. The van der Waals surface area contributed by atoms with Crippen LogP contribution in [0.5, 0.6) is 23.0 Å². The number of ether oxygens (including phenoxy) is 2. The molecule has 362 valence electrons. The van der Waals surface area contributed by atoms with E-state index in [9.17, 15) is 0 Å². The average molecular weight is 992 g/mol. The Morgan fingerprint density at radius 1 is 0.218 bits per heavy atom. The van der Waals surface area contributed by atoms with Crippen molar-refractivity contribution in [1.29, 1.82) is 0 Å². The maximum atomic E-state index is 6.84. The Labute approximate surface area is 452 Å². The molecule has 0 radical (unpaired) electrons. The Morgan fingerprint density at radius 3 is 0.897 bits per heavy atom. The standard InChI is InChI=1S/C75H45NO2/c1-6-25-55-48(20-1)49-21-2-7-26-56(49)73(55)57-27-8-3-22-50(57)52-42-40-46(44-65(52)73)76(47-41-43-53-51-23-4-9-28-58(51)75(66(53)45-47)62-32-13-17-38-70(62)78-71-39-18-14-33-63(71)75)67-35-19-34-64-72(67)54-24-5-10-29-59(54)74(64)60-30-11-15-36-68(60)77-69-37-16-12-31-61(69)74/h1-45H. The fourth-order valence-corrected chi connectivity index (χ4v) is 15.7. The molecule has 3 heteroatoms. The lowest BCUT2D eigenvalue weighted by molar-refractivity contribution is 0.436. The third-order valence-electron chi connectivity index (χ3n) is 18.4. The molecule has 0 fully saturated rings. The molecule has 2 heterocycles. The lowest BCUT2D eigenvalue weighted by Crippen LogP contribution is -2.32. The maximum absolute atomic E-state index is 6.84. The minimum absolute atomic E-state index is 0.537. The van der Waals surface area contributed by atoms with Gasteiger partial charge in [-0.05, 0) is 138 Å². The minimum Gasteiger partial charge on any atom is -0.457 e. The Bertz CT molecular complexity index is 4460. The molecule has 0 bridgehead atoms. The fourth-order valence-electron chi connectivity index (χ4n) is 15.7. The van der Waals surface area contributed by atoms with Crippen molar-refractivity contribution in [3.63, 3.8) is 0 Å². The van der Waals surface area contributed by atoms with Crippen molar-refractivity contribution in [1.82, 2.24) is 0 Å². The van der Waals surface area contributed by atoms with Crippen molar-refractivity contribution in [3.8, 4) is 67.5 Å². The van der Waals surface area contributed by atoms with E-state index in [1.54, 1.807) is 0 Å². The average Bonchev–Trinajstić information content (AvgIpc) is 4.29. The van der Waals surface area contributed by atoms with Crippen LogP contribution in [0, 0.1) is 0 Å². The van der Waals surface area contributed by atoms with Gasteiger partial charge in [0.05, 0.1) is 21.9 Å². The summed E-state index contributed by atoms with van der Waals surface area (Å²) in [6, 6.07) is 102. The van der Waals surface area contributed by atoms with Gasteiger partial charge in [-0.15, -0.1) is 0 Å². The van der Waals surface area contributed by atoms with Gasteiger partial charge in [-0.1, -0.05) is 218 Å². The van der Waals surface area contributed by atoms with Crippen LogP contribution in [0.4, 0.5) is 17.1 Å². The third-order valence-corrected chi connectivity index (χ3v) is 18.4. The molecule has 12 aromatic rings. The van der Waals surface area contributed by atoms with E-state index < -0.39 is 16.2 Å². The van der Waals surface area contributed by atoms with E-state index in [2.05, 4.69) is 278 Å². The van der Waals surface area contributed by atoms with E-state index in [1.165, 1.54) is 89.0 Å². The molecule has 18 rings (SSSR count). The van der Waals surface area contributed by atoms with E-state index in [0.717, 1.165) is 62.3 Å². The molecule has 78 heavy (non-hydrogen) atoms. The highest BCUT2D eigenvalue weighted by atomic mass is 16.5. The number of para-hydroxylation sites is 4. The van der Waals surface area contributed by atoms with E-state index >= 15 is 0 Å². The molecule has 12 aromatic carbocycles. The van der Waals surface area contributed by atoms with Crippen LogP contribution >= 0.6 is 0 Å². The van der Waals surface area contributed by atoms with Crippen LogP contribution in [0.25, 0.3) is 44.5 Å². The number of hydrogen-bond acceptors (Lipinski definition) is 3. The minimum atomic E-state index is -0.662. The molecule has 0 saturated carbocycles. The normalized spacial score (nSPS) is 15.2. The lowest BCUT2D eigenvalue weighted by Gasteiger charge is -2.40. The number of hydrogen-bond donors (Lipinski definition) is 0. The summed E-state index contributed by atoms with van der Waals surface area (Å²) in [7, 11) is 0. The first-order valence-electron chi connectivity index (χ1n) is 27.2. The zero-order valence-electron chi connectivity index (χ0n) is 42.2. The van der Waals surface area contributed by atoms with Gasteiger partial charge < -0.3 is 14.4 Å². The van der Waals surface area contributed by atoms with Gasteiger partial charge in [0.1, 0.15) is 23.0 Å². The van der Waals surface area contributed by atoms with Gasteiger partial charge in [0, 0.05) is 39.2 Å². The van der Waals surface area contributed by atoms with Crippen LogP contribution in [0.1, 0.15) is 66.8 Å². The zero-order valence-corrected chi connectivity index (χ0v) is 42.2. The first kappa shape index (κ1) is 42.3. The second kappa shape index (κ2) is 15.1. The molecule has 0 atom stereocenters. The molecule has 0 amide bonds. The summed E-state index contributed by atoms with van der Waals surface area (Å²) in [5, 5.41) is 0. The topological polar surface area (TPSA) is 21.7 Å². The van der Waals surface area contributed by atoms with Gasteiger partial charge >= 0.3 is 0 Å². The second-order valence-electron chi connectivity index (χ2n) is 21.7. The summed E-state index contributed by atoms with van der Waals surface area (Å²) in [5.74, 6) is 3.51. The van der Waals surface area contributed by atoms with Crippen LogP contribution in [0.15, 0.2) is 273 Å². The molecule has 3 nitrogen and oxygen atoms in total. The Kier molecular flexibility index (Phi) is 8.20. The monoisotopic (exact) mass is 991 g/mol. The van der Waals surface area contributed by atoms with Crippen LogP contribution in [0.2, 0.25) is 0 Å². The summed E-state index contributed by atoms with van der Waals surface area (Å²) in [4.78, 5) is 2.59. The molecule has 0 unspecified atom stereocenters. The van der Waals surface area contributed by atoms with Gasteiger partial charge in [-0.2, -0.15) is 0 Å². The first-order valence-corrected chi connectivity index (χ1v) is 27.2. The largest absolute Gasteiger partial charge is 0.457 e. The molecule has 0 aromatic heterocycles. The second-order valence-corrected chi connectivity index (χ2v) is 21.7. The molecule has 6 aliphatic rings. The summed E-state index contributed by atoms with van der Waals surface area (Å²) < 4.78 is 13.7. The molecule has 3 spiro atoms. The maximum Gasteiger partial charge on any atom is 0.132 e. The van der Waals surface area contributed by atoms with Crippen molar-refractivity contribution >= 4 is 17.1 Å². The van der Waals surface area contributed by atoms with Gasteiger partial charge in [0.2, 0.25) is 0 Å². The predicted octanol–water partition coefficient (Wildman–Crippen LogP) is 18.4. The highest BCUT2D eigenvalue weighted by Gasteiger charge is 2.55. The zero-order chi connectivity index (χ0) is 50.9. The van der Waals surface area contributed by atoms with Gasteiger partial charge in [-0.3, -0.25) is 0 Å². The SMILES string of the molecule is c1ccc2c(c1)Oc1ccccc1C21c2ccccc2-c2ccc(N(c3ccc4c(c3)C3(c5ccccc5-c5ccccc53)c3ccccc3-4)c3cccc4c3-c3ccccc3C43c4ccccc4Oc4ccccc43)cc21. The first-order chi connectivity index (χ1) is 38.7. The quantitative estimate of drug-likeness (QED) is 0.176. The highest BCUT2D eigenvalue weighted by Crippen LogP contribution is 2.68. The van der Waals surface area contributed by atoms with Crippen molar-refractivity contribution in [2.45, 2.75) is 16.2 Å². The van der Waals surface area contributed by atoms with Crippen LogP contribution < -0.4 is 14.4 Å². The predicted molar refractivity (Wildman–Crippen MR) is 312 cm³/mol. The molecule has 4 aliphatic carbocycles. The molecule has 0 N–H and O–H groups in total. The molecule has 0 saturated heterocycles. The van der Waals surface area contributed by atoms with E-state index in [4.69, 9.17) is 9.47 Å². The van der Waals surface area contributed by atoms with Crippen molar-refractivity contribution < 1.29 is 9.47 Å². The van der Waals surface area contributed by atoms with Crippen molar-refractivity contribution in [2.24, 2.45) is 0 Å². The summed E-state index contributed by atoms with van der Waals surface area (Å²) in [6.45, 7) is 0. The Hall–Kier alpha value is -9.96. The number of benzene rings is 12. The van der Waals surface area contributed by atoms with Crippen LogP contribution in [-0.4, -0.2) is 0 Å². The molecular formula is C75H45NO2. The summed E-state index contributed by atoms with van der Waals surface area (Å²) in [5.41, 5.74) is 26.2. The van der Waals surface area contributed by atoms with E-state index in [-0.39, 0.29) is 0 Å². The molecule has 2 aliphatic heterocycles. The van der Waals surface area contributed by atoms with Gasteiger partial charge in [0.25, 0.3) is 0 Å². The van der Waals surface area contributed by atoms with Gasteiger partial charge in [0.15, 0.2) is 0 Å². The number of rotatable bonds is 3. The van der Waals surface area contributed by atoms with Crippen molar-refractivity contribution in [3.05, 3.63) is 340 Å². The number of nitrogens with zero attached hydrogens (tertiary/aromatic N) is 1. The molecular weight excluding hydrogens is 947 g/mol. The van der Waals surface area contributed by atoms with Gasteiger partial charge in [-0.25, -0.2) is 0 Å². The number of anilines is 3. The Balaban J connectivity index is 0.962. The van der Waals surface area contributed by atoms with Crippen LogP contribution in [-0.2, 0) is 16.2 Å². The smallest absolute Gasteiger partial charge is 0.132 e. The number of fused-ring (bicyclic) bond motifs is 28. The summed E-state index contributed by atoms with van der Waals surface area (Å²) in [6.07, 6.45) is 0. The highest BCUT2D eigenvalue weighted by molar-refractivity contribution is 6.01. The van der Waals surface area contributed by atoms with Crippen LogP contribution in [0.3, 0.4) is 0 Å². The fraction of sp³-hybridized carbons (Fsp3) is 0.0400. The lowest BCUT2D eigenvalue weighted by atomic mass is 9.66. The Morgan fingerprint density at radius 2 is 0.500 bits per heavy atom. The van der Waals surface area contributed by atoms with E-state index in [1.807, 2.05) is 0 Å².